The summed E-state index contributed by atoms with van der Waals surface area (Å²) in [5.74, 6) is 0.451. The summed E-state index contributed by atoms with van der Waals surface area (Å²) in [4.78, 5) is 10.8. The van der Waals surface area contributed by atoms with Crippen molar-refractivity contribution in [2.75, 3.05) is 6.61 Å². The second-order valence-corrected chi connectivity index (χ2v) is 5.37. The van der Waals surface area contributed by atoms with Gasteiger partial charge in [-0.25, -0.2) is 0 Å². The van der Waals surface area contributed by atoms with Gasteiger partial charge in [-0.2, -0.15) is 0 Å². The minimum Gasteiger partial charge on any atom is -0.490 e. The van der Waals surface area contributed by atoms with Gasteiger partial charge in [0.05, 0.1) is 19.1 Å². The highest BCUT2D eigenvalue weighted by molar-refractivity contribution is 5.68. The van der Waals surface area contributed by atoms with E-state index in [-0.39, 0.29) is 12.5 Å². The molecule has 3 N–H and O–H groups in total. The molecular formula is C16H23NO4. The van der Waals surface area contributed by atoms with Crippen LogP contribution >= 0.6 is 0 Å². The maximum atomic E-state index is 10.8. The van der Waals surface area contributed by atoms with Crippen molar-refractivity contribution in [2.24, 2.45) is 5.73 Å². The van der Waals surface area contributed by atoms with Gasteiger partial charge in [0.2, 0.25) is 0 Å². The second kappa shape index (κ2) is 7.31. The van der Waals surface area contributed by atoms with Gasteiger partial charge in [-0.05, 0) is 50.3 Å². The molecule has 1 aliphatic rings. The molecule has 0 saturated heterocycles. The van der Waals surface area contributed by atoms with Gasteiger partial charge < -0.3 is 20.3 Å². The number of hydrogen-bond acceptors (Lipinski definition) is 4. The van der Waals surface area contributed by atoms with Gasteiger partial charge in [-0.1, -0.05) is 6.07 Å². The third kappa shape index (κ3) is 4.36. The Morgan fingerprint density at radius 2 is 2.10 bits per heavy atom. The third-order valence-electron chi connectivity index (χ3n) is 3.69. The van der Waals surface area contributed by atoms with Crippen molar-refractivity contribution in [2.45, 2.75) is 51.2 Å². The smallest absolute Gasteiger partial charge is 0.305 e. The van der Waals surface area contributed by atoms with Crippen LogP contribution in [0.4, 0.5) is 0 Å². The lowest BCUT2D eigenvalue weighted by atomic mass is 10.0. The van der Waals surface area contributed by atoms with E-state index < -0.39 is 12.0 Å². The van der Waals surface area contributed by atoms with Crippen LogP contribution in [-0.4, -0.2) is 23.8 Å². The number of carboxylic acid groups (broad SMARTS) is 1. The standard InChI is InChI=1S/C16H23NO4/c1-2-20-14-8-7-11(13(17)10-16(18)19)9-15(14)21-12-5-3-4-6-12/h7-9,12-13H,2-6,10,17H2,1H3,(H,18,19). The van der Waals surface area contributed by atoms with Crippen LogP contribution in [0.1, 0.15) is 50.6 Å². The third-order valence-corrected chi connectivity index (χ3v) is 3.69. The van der Waals surface area contributed by atoms with Crippen molar-refractivity contribution >= 4 is 5.97 Å². The van der Waals surface area contributed by atoms with Gasteiger partial charge in [0.1, 0.15) is 0 Å². The molecule has 116 valence electrons. The molecule has 5 nitrogen and oxygen atoms in total. The van der Waals surface area contributed by atoms with Crippen molar-refractivity contribution < 1.29 is 19.4 Å². The van der Waals surface area contributed by atoms with Crippen LogP contribution in [0.3, 0.4) is 0 Å². The topological polar surface area (TPSA) is 81.8 Å². The van der Waals surface area contributed by atoms with Gasteiger partial charge in [0, 0.05) is 6.04 Å². The van der Waals surface area contributed by atoms with E-state index in [1.54, 1.807) is 6.07 Å². The van der Waals surface area contributed by atoms with Crippen molar-refractivity contribution in [1.82, 2.24) is 0 Å². The molecular weight excluding hydrogens is 270 g/mol. The molecule has 0 radical (unpaired) electrons. The Balaban J connectivity index is 2.18. The number of ether oxygens (including phenoxy) is 2. The van der Waals surface area contributed by atoms with E-state index in [0.717, 1.165) is 18.4 Å². The molecule has 2 rings (SSSR count). The van der Waals surface area contributed by atoms with Crippen LogP contribution in [0, 0.1) is 0 Å². The molecule has 0 aromatic heterocycles. The van der Waals surface area contributed by atoms with Crippen molar-refractivity contribution in [3.63, 3.8) is 0 Å². The number of nitrogens with two attached hydrogens (primary N) is 1. The molecule has 0 bridgehead atoms. The van der Waals surface area contributed by atoms with E-state index in [1.807, 2.05) is 19.1 Å². The number of carboxylic acids is 1. The lowest BCUT2D eigenvalue weighted by molar-refractivity contribution is -0.137. The monoisotopic (exact) mass is 293 g/mol. The molecule has 5 heteroatoms. The number of hydrogen-bond donors (Lipinski definition) is 2. The normalized spacial score (nSPS) is 16.7. The summed E-state index contributed by atoms with van der Waals surface area (Å²) in [5.41, 5.74) is 6.68. The van der Waals surface area contributed by atoms with Crippen molar-refractivity contribution in [3.05, 3.63) is 23.8 Å². The van der Waals surface area contributed by atoms with Gasteiger partial charge in [-0.3, -0.25) is 4.79 Å². The predicted octanol–water partition coefficient (Wildman–Crippen LogP) is 2.88. The van der Waals surface area contributed by atoms with E-state index in [1.165, 1.54) is 12.8 Å². The molecule has 21 heavy (non-hydrogen) atoms. The van der Waals surface area contributed by atoms with Crippen LogP contribution in [0.2, 0.25) is 0 Å². The Hall–Kier alpha value is -1.75. The van der Waals surface area contributed by atoms with Crippen LogP contribution in [0.15, 0.2) is 18.2 Å². The summed E-state index contributed by atoms with van der Waals surface area (Å²) in [6, 6.07) is 4.89. The summed E-state index contributed by atoms with van der Waals surface area (Å²) >= 11 is 0. The maximum Gasteiger partial charge on any atom is 0.305 e. The van der Waals surface area contributed by atoms with E-state index in [9.17, 15) is 4.79 Å². The molecule has 0 spiro atoms. The number of benzene rings is 1. The minimum atomic E-state index is -0.908. The van der Waals surface area contributed by atoms with Gasteiger partial charge in [0.15, 0.2) is 11.5 Å². The highest BCUT2D eigenvalue weighted by atomic mass is 16.5. The summed E-state index contributed by atoms with van der Waals surface area (Å²) in [6.07, 6.45) is 4.60. The zero-order valence-electron chi connectivity index (χ0n) is 12.4. The van der Waals surface area contributed by atoms with E-state index >= 15 is 0 Å². The molecule has 1 fully saturated rings. The fraction of sp³-hybridized carbons (Fsp3) is 0.562. The zero-order valence-corrected chi connectivity index (χ0v) is 12.4. The van der Waals surface area contributed by atoms with Crippen LogP contribution in [0.25, 0.3) is 0 Å². The van der Waals surface area contributed by atoms with Crippen molar-refractivity contribution in [3.8, 4) is 11.5 Å². The highest BCUT2D eigenvalue weighted by Gasteiger charge is 2.20. The highest BCUT2D eigenvalue weighted by Crippen LogP contribution is 2.34. The molecule has 1 aliphatic carbocycles. The molecule has 0 heterocycles. The lowest BCUT2D eigenvalue weighted by Crippen LogP contribution is -2.16. The molecule has 1 saturated carbocycles. The first-order chi connectivity index (χ1) is 10.1. The van der Waals surface area contributed by atoms with Gasteiger partial charge in [0.25, 0.3) is 0 Å². The fourth-order valence-electron chi connectivity index (χ4n) is 2.61. The van der Waals surface area contributed by atoms with Crippen LogP contribution in [-0.2, 0) is 4.79 Å². The first-order valence-corrected chi connectivity index (χ1v) is 7.51. The predicted molar refractivity (Wildman–Crippen MR) is 79.7 cm³/mol. The summed E-state index contributed by atoms with van der Waals surface area (Å²) in [7, 11) is 0. The Labute approximate surface area is 125 Å². The SMILES string of the molecule is CCOc1ccc(C(N)CC(=O)O)cc1OC1CCCC1. The Kier molecular flexibility index (Phi) is 5.44. The fourth-order valence-corrected chi connectivity index (χ4v) is 2.61. The van der Waals surface area contributed by atoms with Crippen LogP contribution in [0.5, 0.6) is 11.5 Å². The van der Waals surface area contributed by atoms with E-state index in [4.69, 9.17) is 20.3 Å². The Morgan fingerprint density at radius 3 is 2.71 bits per heavy atom. The number of aliphatic carboxylic acids is 1. The molecule has 1 aromatic carbocycles. The molecule has 1 atom stereocenters. The average Bonchev–Trinajstić information content (AvgIpc) is 2.93. The van der Waals surface area contributed by atoms with Gasteiger partial charge in [-0.15, -0.1) is 0 Å². The summed E-state index contributed by atoms with van der Waals surface area (Å²) in [5, 5.41) is 8.85. The molecule has 1 unspecified atom stereocenters. The molecule has 0 amide bonds. The Morgan fingerprint density at radius 1 is 1.38 bits per heavy atom. The summed E-state index contributed by atoms with van der Waals surface area (Å²) < 4.78 is 11.6. The van der Waals surface area contributed by atoms with Crippen molar-refractivity contribution in [1.29, 1.82) is 0 Å². The second-order valence-electron chi connectivity index (χ2n) is 5.37. The van der Waals surface area contributed by atoms with E-state index in [0.29, 0.717) is 18.1 Å². The largest absolute Gasteiger partial charge is 0.490 e. The first kappa shape index (κ1) is 15.6. The van der Waals surface area contributed by atoms with Gasteiger partial charge >= 0.3 is 5.97 Å². The average molecular weight is 293 g/mol. The van der Waals surface area contributed by atoms with E-state index in [2.05, 4.69) is 0 Å². The first-order valence-electron chi connectivity index (χ1n) is 7.51. The Bertz CT molecular complexity index is 483. The molecule has 1 aromatic rings. The van der Waals surface area contributed by atoms with Crippen LogP contribution < -0.4 is 15.2 Å². The zero-order chi connectivity index (χ0) is 15.2. The summed E-state index contributed by atoms with van der Waals surface area (Å²) in [6.45, 7) is 2.48. The quantitative estimate of drug-likeness (QED) is 0.807. The number of carbonyl (C=O) groups is 1. The minimum absolute atomic E-state index is 0.100. The molecule has 0 aliphatic heterocycles. The maximum absolute atomic E-state index is 10.8. The lowest BCUT2D eigenvalue weighted by Gasteiger charge is -2.19. The number of rotatable bonds is 7.